The maximum atomic E-state index is 13.1. The molecule has 1 N–H and O–H groups in total. The number of halogens is 4. The third-order valence-corrected chi connectivity index (χ3v) is 4.66. The van der Waals surface area contributed by atoms with E-state index in [9.17, 15) is 18.0 Å². The first-order chi connectivity index (χ1) is 14.7. The Kier molecular flexibility index (Phi) is 5.32. The highest BCUT2D eigenvalue weighted by Gasteiger charge is 2.31. The number of rotatable bonds is 5. The molecule has 11 heteroatoms. The number of carbonyl (C=O) groups is 1. The Hall–Kier alpha value is -3.53. The largest absolute Gasteiger partial charge is 0.454 e. The topological polar surface area (TPSA) is 77.9 Å². The predicted octanol–water partition coefficient (Wildman–Crippen LogP) is 4.94. The lowest BCUT2D eigenvalue weighted by atomic mass is 10.2. The van der Waals surface area contributed by atoms with Crippen LogP contribution >= 0.6 is 11.6 Å². The molecule has 4 rings (SSSR count). The minimum atomic E-state index is -4.55. The van der Waals surface area contributed by atoms with Gasteiger partial charge in [-0.25, -0.2) is 4.68 Å². The van der Waals surface area contributed by atoms with Crippen molar-refractivity contribution in [3.05, 3.63) is 82.7 Å². The highest BCUT2D eigenvalue weighted by Crippen LogP contribution is 2.34. The van der Waals surface area contributed by atoms with E-state index in [1.807, 2.05) is 0 Å². The van der Waals surface area contributed by atoms with Crippen molar-refractivity contribution in [3.8, 4) is 5.69 Å². The zero-order valence-corrected chi connectivity index (χ0v) is 16.8. The summed E-state index contributed by atoms with van der Waals surface area (Å²) in [5.74, 6) is 0.104. The van der Waals surface area contributed by atoms with Gasteiger partial charge in [0.25, 0.3) is 5.91 Å². The van der Waals surface area contributed by atoms with Crippen molar-refractivity contribution in [1.82, 2.24) is 19.6 Å². The molecule has 0 bridgehead atoms. The standard InChI is InChI=1S/C20H15ClF3N5O2/c1-12-9-18(29(27-12)16-10-13(20(22,23)24)3-5-15(16)21)26-19(30)17-6-4-14(31-17)11-28-8-2-7-25-28/h2-10H,11H2,1H3,(H,26,30). The van der Waals surface area contributed by atoms with Crippen molar-refractivity contribution in [2.75, 3.05) is 5.32 Å². The molecule has 160 valence electrons. The van der Waals surface area contributed by atoms with Gasteiger partial charge < -0.3 is 9.73 Å². The second-order valence-electron chi connectivity index (χ2n) is 6.67. The number of amides is 1. The fourth-order valence-corrected chi connectivity index (χ4v) is 3.14. The molecule has 3 heterocycles. The molecular weight excluding hydrogens is 435 g/mol. The first-order valence-electron chi connectivity index (χ1n) is 9.02. The first kappa shape index (κ1) is 20.7. The molecule has 0 fully saturated rings. The van der Waals surface area contributed by atoms with Crippen LogP contribution in [0.4, 0.5) is 19.0 Å². The maximum Gasteiger partial charge on any atom is 0.416 e. The number of furan rings is 1. The summed E-state index contributed by atoms with van der Waals surface area (Å²) in [4.78, 5) is 12.7. The number of carbonyl (C=O) groups excluding carboxylic acids is 1. The lowest BCUT2D eigenvalue weighted by Crippen LogP contribution is -2.15. The third kappa shape index (κ3) is 4.48. The van der Waals surface area contributed by atoms with Gasteiger partial charge in [0, 0.05) is 18.5 Å². The molecule has 0 aliphatic carbocycles. The highest BCUT2D eigenvalue weighted by atomic mass is 35.5. The second kappa shape index (κ2) is 7.95. The minimum Gasteiger partial charge on any atom is -0.454 e. The van der Waals surface area contributed by atoms with Crippen LogP contribution in [0.3, 0.4) is 0 Å². The number of aryl methyl sites for hydroxylation is 1. The number of nitrogens with one attached hydrogen (secondary N) is 1. The van der Waals surface area contributed by atoms with E-state index in [0.717, 1.165) is 22.9 Å². The molecule has 0 saturated carbocycles. The van der Waals surface area contributed by atoms with Crippen molar-refractivity contribution < 1.29 is 22.4 Å². The maximum absolute atomic E-state index is 13.1. The number of alkyl halides is 3. The summed E-state index contributed by atoms with van der Waals surface area (Å²) in [5, 5.41) is 10.9. The monoisotopic (exact) mass is 449 g/mol. The summed E-state index contributed by atoms with van der Waals surface area (Å²) in [6.07, 6.45) is -1.18. The number of benzene rings is 1. The average molecular weight is 450 g/mol. The van der Waals surface area contributed by atoms with E-state index in [4.69, 9.17) is 16.0 Å². The van der Waals surface area contributed by atoms with Crippen LogP contribution in [0, 0.1) is 6.92 Å². The highest BCUT2D eigenvalue weighted by molar-refractivity contribution is 6.32. The Morgan fingerprint density at radius 2 is 2.03 bits per heavy atom. The smallest absolute Gasteiger partial charge is 0.416 e. The Labute approximate surface area is 179 Å². The summed E-state index contributed by atoms with van der Waals surface area (Å²) in [7, 11) is 0. The summed E-state index contributed by atoms with van der Waals surface area (Å²) in [5.41, 5.74) is -0.423. The molecule has 0 radical (unpaired) electrons. The number of hydrogen-bond donors (Lipinski definition) is 1. The zero-order valence-electron chi connectivity index (χ0n) is 16.0. The van der Waals surface area contributed by atoms with E-state index in [1.54, 1.807) is 36.1 Å². The van der Waals surface area contributed by atoms with Crippen LogP contribution in [-0.4, -0.2) is 25.5 Å². The molecule has 7 nitrogen and oxygen atoms in total. The van der Waals surface area contributed by atoms with Crippen molar-refractivity contribution >= 4 is 23.3 Å². The quantitative estimate of drug-likeness (QED) is 0.468. The van der Waals surface area contributed by atoms with Gasteiger partial charge in [0.1, 0.15) is 11.6 Å². The fraction of sp³-hybridized carbons (Fsp3) is 0.150. The Morgan fingerprint density at radius 3 is 2.74 bits per heavy atom. The van der Waals surface area contributed by atoms with Crippen LogP contribution in [0.25, 0.3) is 5.69 Å². The Balaban J connectivity index is 1.60. The number of nitrogens with zero attached hydrogens (tertiary/aromatic N) is 4. The van der Waals surface area contributed by atoms with Crippen LogP contribution < -0.4 is 5.32 Å². The fourth-order valence-electron chi connectivity index (χ4n) is 2.94. The van der Waals surface area contributed by atoms with E-state index in [1.165, 1.54) is 12.1 Å². The number of aromatic nitrogens is 4. The van der Waals surface area contributed by atoms with E-state index in [2.05, 4.69) is 15.5 Å². The van der Waals surface area contributed by atoms with E-state index in [-0.39, 0.29) is 22.3 Å². The van der Waals surface area contributed by atoms with Crippen LogP contribution in [0.15, 0.2) is 59.3 Å². The normalized spacial score (nSPS) is 11.6. The SMILES string of the molecule is Cc1cc(NC(=O)c2ccc(Cn3cccn3)o2)n(-c2cc(C(F)(F)F)ccc2Cl)n1. The van der Waals surface area contributed by atoms with Crippen molar-refractivity contribution in [3.63, 3.8) is 0 Å². The van der Waals surface area contributed by atoms with Gasteiger partial charge >= 0.3 is 6.18 Å². The van der Waals surface area contributed by atoms with Crippen LogP contribution in [-0.2, 0) is 12.7 Å². The van der Waals surface area contributed by atoms with Crippen LogP contribution in [0.5, 0.6) is 0 Å². The molecule has 1 aromatic carbocycles. The zero-order chi connectivity index (χ0) is 22.2. The van der Waals surface area contributed by atoms with Gasteiger partial charge in [-0.1, -0.05) is 11.6 Å². The molecule has 0 aliphatic heterocycles. The lowest BCUT2D eigenvalue weighted by Gasteiger charge is -2.13. The van der Waals surface area contributed by atoms with Crippen molar-refractivity contribution in [1.29, 1.82) is 0 Å². The average Bonchev–Trinajstić information content (AvgIpc) is 3.44. The molecule has 0 atom stereocenters. The van der Waals surface area contributed by atoms with Gasteiger partial charge in [0.2, 0.25) is 0 Å². The number of anilines is 1. The van der Waals surface area contributed by atoms with Gasteiger partial charge in [-0.3, -0.25) is 9.48 Å². The van der Waals surface area contributed by atoms with Gasteiger partial charge in [-0.05, 0) is 43.3 Å². The first-order valence-corrected chi connectivity index (χ1v) is 9.40. The van der Waals surface area contributed by atoms with Crippen LogP contribution in [0.1, 0.15) is 27.6 Å². The summed E-state index contributed by atoms with van der Waals surface area (Å²) < 4.78 is 47.7. The summed E-state index contributed by atoms with van der Waals surface area (Å²) in [6, 6.07) is 9.31. The van der Waals surface area contributed by atoms with Crippen molar-refractivity contribution in [2.24, 2.45) is 0 Å². The minimum absolute atomic E-state index is 0.0151. The summed E-state index contributed by atoms with van der Waals surface area (Å²) >= 11 is 6.12. The predicted molar refractivity (Wildman–Crippen MR) is 106 cm³/mol. The number of hydrogen-bond acceptors (Lipinski definition) is 4. The van der Waals surface area contributed by atoms with Crippen LogP contribution in [0.2, 0.25) is 5.02 Å². The Bertz CT molecular complexity index is 1230. The second-order valence-corrected chi connectivity index (χ2v) is 7.08. The third-order valence-electron chi connectivity index (χ3n) is 4.34. The van der Waals surface area contributed by atoms with Gasteiger partial charge in [-0.2, -0.15) is 23.4 Å². The van der Waals surface area contributed by atoms with E-state index in [0.29, 0.717) is 18.0 Å². The molecule has 1 amide bonds. The molecule has 4 aromatic rings. The Morgan fingerprint density at radius 1 is 1.23 bits per heavy atom. The molecular formula is C20H15ClF3N5O2. The van der Waals surface area contributed by atoms with E-state index >= 15 is 0 Å². The van der Waals surface area contributed by atoms with Crippen molar-refractivity contribution in [2.45, 2.75) is 19.6 Å². The molecule has 0 unspecified atom stereocenters. The van der Waals surface area contributed by atoms with E-state index < -0.39 is 17.6 Å². The summed E-state index contributed by atoms with van der Waals surface area (Å²) in [6.45, 7) is 1.99. The molecule has 0 spiro atoms. The lowest BCUT2D eigenvalue weighted by molar-refractivity contribution is -0.137. The molecule has 0 saturated heterocycles. The molecule has 0 aliphatic rings. The van der Waals surface area contributed by atoms with Gasteiger partial charge in [0.05, 0.1) is 28.5 Å². The molecule has 31 heavy (non-hydrogen) atoms. The van der Waals surface area contributed by atoms with Gasteiger partial charge in [-0.15, -0.1) is 0 Å². The van der Waals surface area contributed by atoms with Gasteiger partial charge in [0.15, 0.2) is 5.76 Å². The molecule has 3 aromatic heterocycles.